The van der Waals surface area contributed by atoms with Crippen LogP contribution in [-0.2, 0) is 4.79 Å². The van der Waals surface area contributed by atoms with E-state index in [-0.39, 0.29) is 5.91 Å². The van der Waals surface area contributed by atoms with Crippen LogP contribution >= 0.6 is 31.9 Å². The van der Waals surface area contributed by atoms with E-state index in [4.69, 9.17) is 4.99 Å². The average Bonchev–Trinajstić information content (AvgIpc) is 2.99. The lowest BCUT2D eigenvalue weighted by Gasteiger charge is -2.19. The minimum atomic E-state index is -0.146. The van der Waals surface area contributed by atoms with Crippen molar-refractivity contribution in [2.24, 2.45) is 4.99 Å². The topological polar surface area (TPSA) is 32.7 Å². The monoisotopic (exact) mass is 480 g/mol. The molecule has 0 saturated carbocycles. The van der Waals surface area contributed by atoms with Gasteiger partial charge in [-0.2, -0.15) is 0 Å². The number of carbonyl (C=O) groups excluding carboxylic acids is 1. The van der Waals surface area contributed by atoms with E-state index in [9.17, 15) is 4.79 Å². The molecule has 0 saturated heterocycles. The van der Waals surface area contributed by atoms with Crippen molar-refractivity contribution in [2.45, 2.75) is 0 Å². The number of amidine groups is 1. The molecule has 0 unspecified atom stereocenters. The second-order valence-electron chi connectivity index (χ2n) is 5.98. The van der Waals surface area contributed by atoms with Crippen LogP contribution in [0.25, 0.3) is 6.08 Å². The van der Waals surface area contributed by atoms with Crippen molar-refractivity contribution in [3.63, 3.8) is 0 Å². The van der Waals surface area contributed by atoms with Gasteiger partial charge in [0.2, 0.25) is 0 Å². The van der Waals surface area contributed by atoms with E-state index in [1.165, 1.54) is 0 Å². The quantitative estimate of drug-likeness (QED) is 0.419. The third-order valence-corrected chi connectivity index (χ3v) is 5.33. The normalized spacial score (nSPS) is 15.3. The summed E-state index contributed by atoms with van der Waals surface area (Å²) in [7, 11) is 0. The van der Waals surface area contributed by atoms with Gasteiger partial charge in [-0.3, -0.25) is 9.69 Å². The number of hydrogen-bond donors (Lipinski definition) is 0. The second kappa shape index (κ2) is 7.62. The molecule has 132 valence electrons. The number of aliphatic imine (C=N–C) groups is 1. The first kappa shape index (κ1) is 17.9. The Morgan fingerprint density at radius 1 is 0.852 bits per heavy atom. The Bertz CT molecular complexity index is 1070. The zero-order chi connectivity index (χ0) is 18.8. The number of para-hydroxylation sites is 1. The van der Waals surface area contributed by atoms with Crippen LogP contribution in [0.15, 0.2) is 98.5 Å². The zero-order valence-electron chi connectivity index (χ0n) is 14.1. The van der Waals surface area contributed by atoms with Gasteiger partial charge in [-0.1, -0.05) is 80.4 Å². The molecule has 0 N–H and O–H groups in total. The van der Waals surface area contributed by atoms with Crippen LogP contribution in [0.2, 0.25) is 0 Å². The van der Waals surface area contributed by atoms with Crippen LogP contribution in [0, 0.1) is 0 Å². The molecule has 0 radical (unpaired) electrons. The molecule has 27 heavy (non-hydrogen) atoms. The lowest BCUT2D eigenvalue weighted by atomic mass is 10.1. The standard InChI is InChI=1S/C22H14Br2N2O/c23-16-8-6-7-15(13-16)14-20-22(27)26(17-9-2-1-3-10-17)21(25-20)18-11-4-5-12-19(18)24/h1-14H/b20-14+. The molecule has 5 heteroatoms. The van der Waals surface area contributed by atoms with Crippen molar-refractivity contribution in [3.05, 3.63) is 105 Å². The Balaban J connectivity index is 1.86. The minimum absolute atomic E-state index is 0.146. The molecule has 0 bridgehead atoms. The number of benzene rings is 3. The van der Waals surface area contributed by atoms with Crippen molar-refractivity contribution in [2.75, 3.05) is 4.90 Å². The van der Waals surface area contributed by atoms with Crippen LogP contribution in [0.1, 0.15) is 11.1 Å². The van der Waals surface area contributed by atoms with Gasteiger partial charge in [-0.05, 0) is 42.0 Å². The molecule has 1 aliphatic rings. The van der Waals surface area contributed by atoms with Crippen molar-refractivity contribution in [1.82, 2.24) is 0 Å². The van der Waals surface area contributed by atoms with Gasteiger partial charge in [0.05, 0.1) is 5.69 Å². The fourth-order valence-electron chi connectivity index (χ4n) is 2.91. The maximum absolute atomic E-state index is 13.2. The van der Waals surface area contributed by atoms with Crippen LogP contribution in [0.3, 0.4) is 0 Å². The second-order valence-corrected chi connectivity index (χ2v) is 7.75. The average molecular weight is 482 g/mol. The van der Waals surface area contributed by atoms with E-state index in [1.807, 2.05) is 84.9 Å². The Hall–Kier alpha value is -2.50. The predicted octanol–water partition coefficient (Wildman–Crippen LogP) is 6.05. The number of rotatable bonds is 3. The van der Waals surface area contributed by atoms with E-state index in [0.29, 0.717) is 11.5 Å². The highest BCUT2D eigenvalue weighted by Gasteiger charge is 2.33. The molecule has 4 rings (SSSR count). The van der Waals surface area contributed by atoms with Crippen molar-refractivity contribution in [3.8, 4) is 0 Å². The molecule has 1 heterocycles. The van der Waals surface area contributed by atoms with Crippen LogP contribution in [0.4, 0.5) is 5.69 Å². The summed E-state index contributed by atoms with van der Waals surface area (Å²) < 4.78 is 1.85. The molecular weight excluding hydrogens is 468 g/mol. The first-order valence-electron chi connectivity index (χ1n) is 8.34. The van der Waals surface area contributed by atoms with Gasteiger partial charge in [0.25, 0.3) is 5.91 Å². The third-order valence-electron chi connectivity index (χ3n) is 4.14. The number of nitrogens with zero attached hydrogens (tertiary/aromatic N) is 2. The molecule has 3 aromatic rings. The summed E-state index contributed by atoms with van der Waals surface area (Å²) >= 11 is 7.04. The van der Waals surface area contributed by atoms with E-state index in [2.05, 4.69) is 31.9 Å². The molecule has 0 atom stereocenters. The van der Waals surface area contributed by atoms with E-state index < -0.39 is 0 Å². The van der Waals surface area contributed by atoms with Gasteiger partial charge in [-0.15, -0.1) is 0 Å². The molecular formula is C22H14Br2N2O. The molecule has 1 amide bonds. The maximum Gasteiger partial charge on any atom is 0.282 e. The molecule has 3 aromatic carbocycles. The Kier molecular flexibility index (Phi) is 5.05. The molecule has 3 nitrogen and oxygen atoms in total. The largest absolute Gasteiger partial charge is 0.282 e. The van der Waals surface area contributed by atoms with E-state index in [0.717, 1.165) is 25.8 Å². The fraction of sp³-hybridized carbons (Fsp3) is 0. The molecule has 0 spiro atoms. The highest BCUT2D eigenvalue weighted by Crippen LogP contribution is 2.30. The van der Waals surface area contributed by atoms with Crippen LogP contribution < -0.4 is 4.90 Å². The number of amides is 1. The molecule has 1 aliphatic heterocycles. The Morgan fingerprint density at radius 3 is 2.33 bits per heavy atom. The molecule has 0 aliphatic carbocycles. The summed E-state index contributed by atoms with van der Waals surface area (Å²) in [6.45, 7) is 0. The van der Waals surface area contributed by atoms with Crippen molar-refractivity contribution >= 4 is 55.4 Å². The summed E-state index contributed by atoms with van der Waals surface area (Å²) in [6, 6.07) is 25.1. The highest BCUT2D eigenvalue weighted by atomic mass is 79.9. The predicted molar refractivity (Wildman–Crippen MR) is 117 cm³/mol. The summed E-state index contributed by atoms with van der Waals surface area (Å²) in [5, 5.41) is 0. The lowest BCUT2D eigenvalue weighted by molar-refractivity contribution is -0.113. The van der Waals surface area contributed by atoms with Crippen molar-refractivity contribution in [1.29, 1.82) is 0 Å². The molecule has 0 fully saturated rings. The Labute approximate surface area is 174 Å². The number of anilines is 1. The third kappa shape index (κ3) is 3.66. The summed E-state index contributed by atoms with van der Waals surface area (Å²) in [4.78, 5) is 19.6. The van der Waals surface area contributed by atoms with Gasteiger partial charge >= 0.3 is 0 Å². The first-order valence-corrected chi connectivity index (χ1v) is 9.92. The SMILES string of the molecule is O=C1/C(=C\c2cccc(Br)c2)N=C(c2ccccc2Br)N1c1ccccc1. The zero-order valence-corrected chi connectivity index (χ0v) is 17.3. The van der Waals surface area contributed by atoms with Crippen LogP contribution in [-0.4, -0.2) is 11.7 Å². The van der Waals surface area contributed by atoms with Gasteiger partial charge in [-0.25, -0.2) is 4.99 Å². The van der Waals surface area contributed by atoms with Crippen molar-refractivity contribution < 1.29 is 4.79 Å². The summed E-state index contributed by atoms with van der Waals surface area (Å²) in [5.41, 5.74) is 2.97. The maximum atomic E-state index is 13.2. The van der Waals surface area contributed by atoms with E-state index >= 15 is 0 Å². The van der Waals surface area contributed by atoms with E-state index in [1.54, 1.807) is 4.90 Å². The minimum Gasteiger partial charge on any atom is -0.266 e. The first-order chi connectivity index (χ1) is 13.1. The van der Waals surface area contributed by atoms with Gasteiger partial charge in [0, 0.05) is 14.5 Å². The number of hydrogen-bond acceptors (Lipinski definition) is 2. The highest BCUT2D eigenvalue weighted by molar-refractivity contribution is 9.10. The number of carbonyl (C=O) groups is 1. The smallest absolute Gasteiger partial charge is 0.266 e. The van der Waals surface area contributed by atoms with Gasteiger partial charge < -0.3 is 0 Å². The summed E-state index contributed by atoms with van der Waals surface area (Å²) in [5.74, 6) is 0.465. The lowest BCUT2D eigenvalue weighted by Crippen LogP contribution is -2.32. The van der Waals surface area contributed by atoms with Gasteiger partial charge in [0.15, 0.2) is 0 Å². The molecule has 0 aromatic heterocycles. The van der Waals surface area contributed by atoms with Gasteiger partial charge in [0.1, 0.15) is 11.5 Å². The Morgan fingerprint density at radius 2 is 1.59 bits per heavy atom. The fourth-order valence-corrected chi connectivity index (χ4v) is 3.79. The summed E-state index contributed by atoms with van der Waals surface area (Å²) in [6.07, 6.45) is 1.81. The van der Waals surface area contributed by atoms with Crippen LogP contribution in [0.5, 0.6) is 0 Å². The number of halogens is 2.